The van der Waals surface area contributed by atoms with Crippen LogP contribution in [0.15, 0.2) is 39.1 Å². The van der Waals surface area contributed by atoms with E-state index in [0.29, 0.717) is 0 Å². The van der Waals surface area contributed by atoms with E-state index < -0.39 is 22.9 Å². The van der Waals surface area contributed by atoms with Crippen LogP contribution >= 0.6 is 11.3 Å². The van der Waals surface area contributed by atoms with Gasteiger partial charge in [-0.05, 0) is 0 Å². The quantitative estimate of drug-likeness (QED) is 0.451. The van der Waals surface area contributed by atoms with Crippen LogP contribution in [0.2, 0.25) is 0 Å². The summed E-state index contributed by atoms with van der Waals surface area (Å²) in [5.41, 5.74) is 0. The molecule has 2 rings (SSSR count). The summed E-state index contributed by atoms with van der Waals surface area (Å²) in [7, 11) is 0. The molecule has 13 heavy (non-hydrogen) atoms. The molecule has 0 spiro atoms. The molecule has 0 bridgehead atoms. The van der Waals surface area contributed by atoms with E-state index in [1.54, 1.807) is 5.96 Å². The van der Waals surface area contributed by atoms with E-state index in [1.807, 2.05) is 11.3 Å². The molecule has 0 unspecified atom stereocenters. The maximum Gasteiger partial charge on any atom is -1.00 e. The van der Waals surface area contributed by atoms with Crippen molar-refractivity contribution in [2.75, 3.05) is 0 Å². The van der Waals surface area contributed by atoms with Crippen LogP contribution in [0.3, 0.4) is 0 Å². The van der Waals surface area contributed by atoms with E-state index in [2.05, 4.69) is 35.7 Å². The van der Waals surface area contributed by atoms with Crippen molar-refractivity contribution in [1.82, 2.24) is 0 Å². The molecule has 1 aromatic heterocycles. The Morgan fingerprint density at radius 3 is 2.69 bits per heavy atom. The van der Waals surface area contributed by atoms with Gasteiger partial charge in [0.05, 0.1) is 0 Å². The molecule has 0 saturated carbocycles. The first-order chi connectivity index (χ1) is 5.45. The number of allylic oxidation sites excluding steroid dienone is 4. The summed E-state index contributed by atoms with van der Waals surface area (Å²) in [5.74, 6) is 0. The smallest absolute Gasteiger partial charge is 1.00 e. The number of rotatable bonds is 2. The van der Waals surface area contributed by atoms with Gasteiger partial charge in [-0.25, -0.2) is 0 Å². The zero-order chi connectivity index (χ0) is 7.52. The maximum absolute atomic E-state index is 2.31. The van der Waals surface area contributed by atoms with Gasteiger partial charge in [0, 0.05) is 0 Å². The second kappa shape index (κ2) is 6.99. The van der Waals surface area contributed by atoms with Crippen molar-refractivity contribution in [2.24, 2.45) is 0 Å². The first kappa shape index (κ1) is 13.6. The predicted octanol–water partition coefficient (Wildman–Crippen LogP) is -3.69. The average Bonchev–Trinajstić information content (AvgIpc) is 2.60. The van der Waals surface area contributed by atoms with Gasteiger partial charge in [-0.3, -0.25) is 0 Å². The minimum absolute atomic E-state index is 0. The molecule has 0 amide bonds. The molecule has 0 nitrogen and oxygen atoms in total. The van der Waals surface area contributed by atoms with Crippen LogP contribution in [-0.2, 0) is 22.9 Å². The van der Waals surface area contributed by atoms with Crippen molar-refractivity contribution in [1.29, 1.82) is 0 Å². The number of hydrogen-bond acceptors (Lipinski definition) is 1. The molecule has 68 valence electrons. The van der Waals surface area contributed by atoms with Crippen molar-refractivity contribution >= 4 is 14.0 Å². The first-order valence-corrected chi connectivity index (χ1v) is 8.08. The minimum atomic E-state index is -0.563. The minimum Gasteiger partial charge on any atom is -1.00 e. The topological polar surface area (TPSA) is 0 Å². The van der Waals surface area contributed by atoms with Crippen LogP contribution in [0, 0.1) is 0 Å². The number of halogens is 2. The molecule has 0 N–H and O–H groups in total. The third kappa shape index (κ3) is 4.11. The molecule has 1 aliphatic carbocycles. The maximum atomic E-state index is 2.31. The Bertz CT molecular complexity index is 291. The molecule has 4 heteroatoms. The SMILES string of the molecule is C1=CC[C]([Hf+2][c]2cccs2)=C1.[Cl-].[Cl-]. The summed E-state index contributed by atoms with van der Waals surface area (Å²) in [4.78, 5) is 0. The summed E-state index contributed by atoms with van der Waals surface area (Å²) in [6, 6.07) is 4.45. The molecule has 0 aromatic carbocycles. The van der Waals surface area contributed by atoms with Crippen LogP contribution in [-0.4, -0.2) is 0 Å². The zero-order valence-electron chi connectivity index (χ0n) is 6.84. The average molecular weight is 398 g/mol. The van der Waals surface area contributed by atoms with Gasteiger partial charge >= 0.3 is 82.4 Å². The van der Waals surface area contributed by atoms with Crippen LogP contribution < -0.4 is 27.4 Å². The number of hydrogen-bond donors (Lipinski definition) is 0. The molecular weight excluding hydrogens is 390 g/mol. The van der Waals surface area contributed by atoms with Crippen molar-refractivity contribution in [2.45, 2.75) is 6.42 Å². The molecule has 1 aliphatic rings. The fourth-order valence-electron chi connectivity index (χ4n) is 1.05. The molecule has 0 fully saturated rings. The molecule has 0 atom stereocenters. The van der Waals surface area contributed by atoms with Gasteiger partial charge in [-0.15, -0.1) is 0 Å². The summed E-state index contributed by atoms with van der Waals surface area (Å²) in [6.45, 7) is 0. The third-order valence-corrected chi connectivity index (χ3v) is 8.33. The monoisotopic (exact) mass is 398 g/mol. The number of thiophene rings is 1. The van der Waals surface area contributed by atoms with Crippen molar-refractivity contribution in [3.8, 4) is 0 Å². The fourth-order valence-corrected chi connectivity index (χ4v) is 7.23. The summed E-state index contributed by atoms with van der Waals surface area (Å²) >= 11 is 1.36. The Balaban J connectivity index is 0.000000720. The van der Waals surface area contributed by atoms with Gasteiger partial charge in [-0.1, -0.05) is 0 Å². The second-order valence-corrected chi connectivity index (χ2v) is 9.82. The Morgan fingerprint density at radius 2 is 2.15 bits per heavy atom. The normalized spacial score (nSPS) is 12.5. The molecule has 0 saturated heterocycles. The van der Waals surface area contributed by atoms with E-state index >= 15 is 0 Å². The standard InChI is InChI=1S/C5H5.C4H3S.2ClH.Hf/c2*1-2-4-5-3-1;;;/h1-3H,4H2;1-3H;2*1H;/q;;;;+2/p-2. The second-order valence-electron chi connectivity index (χ2n) is 2.43. The van der Waals surface area contributed by atoms with E-state index in [0.717, 1.165) is 0 Å². The van der Waals surface area contributed by atoms with Gasteiger partial charge in [0.15, 0.2) is 0 Å². The van der Waals surface area contributed by atoms with Crippen molar-refractivity contribution in [3.05, 3.63) is 39.1 Å². The Hall–Kier alpha value is 0.630. The Labute approximate surface area is 106 Å². The Morgan fingerprint density at radius 1 is 1.31 bits per heavy atom. The first-order valence-electron chi connectivity index (χ1n) is 3.61. The van der Waals surface area contributed by atoms with Gasteiger partial charge in [0.25, 0.3) is 0 Å². The zero-order valence-corrected chi connectivity index (χ0v) is 12.8. The van der Waals surface area contributed by atoms with Gasteiger partial charge in [0.1, 0.15) is 0 Å². The predicted molar refractivity (Wildman–Crippen MR) is 45.8 cm³/mol. The largest absolute Gasteiger partial charge is 1.00 e. The molecule has 0 radical (unpaired) electrons. The van der Waals surface area contributed by atoms with Crippen LogP contribution in [0.25, 0.3) is 0 Å². The fraction of sp³-hybridized carbons (Fsp3) is 0.111. The van der Waals surface area contributed by atoms with E-state index in [9.17, 15) is 0 Å². The van der Waals surface area contributed by atoms with Gasteiger partial charge in [0.2, 0.25) is 0 Å². The molecule has 1 aromatic rings. The van der Waals surface area contributed by atoms with E-state index in [4.69, 9.17) is 0 Å². The van der Waals surface area contributed by atoms with Crippen molar-refractivity contribution < 1.29 is 47.7 Å². The van der Waals surface area contributed by atoms with Gasteiger partial charge < -0.3 is 24.8 Å². The van der Waals surface area contributed by atoms with E-state index in [1.165, 1.54) is 6.42 Å². The third-order valence-electron chi connectivity index (χ3n) is 1.58. The van der Waals surface area contributed by atoms with Crippen molar-refractivity contribution in [3.63, 3.8) is 0 Å². The van der Waals surface area contributed by atoms with Crippen LogP contribution in [0.1, 0.15) is 6.42 Å². The summed E-state index contributed by atoms with van der Waals surface area (Å²) in [5, 5.41) is 2.19. The Kier molecular flexibility index (Phi) is 7.33. The molecule has 1 heterocycles. The molecular formula is C9H8Cl2HfS. The van der Waals surface area contributed by atoms with Crippen LogP contribution in [0.5, 0.6) is 0 Å². The molecule has 0 aliphatic heterocycles. The van der Waals surface area contributed by atoms with Gasteiger partial charge in [-0.2, -0.15) is 0 Å². The van der Waals surface area contributed by atoms with Crippen LogP contribution in [0.4, 0.5) is 0 Å². The summed E-state index contributed by atoms with van der Waals surface area (Å²) in [6.07, 6.45) is 8.00. The summed E-state index contributed by atoms with van der Waals surface area (Å²) < 4.78 is 3.40. The van der Waals surface area contributed by atoms with E-state index in [-0.39, 0.29) is 24.8 Å².